The third-order valence-electron chi connectivity index (χ3n) is 6.20. The molecule has 0 radical (unpaired) electrons. The molecule has 2 rings (SSSR count). The van der Waals surface area contributed by atoms with Crippen molar-refractivity contribution in [1.82, 2.24) is 0 Å². The van der Waals surface area contributed by atoms with Crippen LogP contribution in [0.3, 0.4) is 0 Å². The second kappa shape index (κ2) is 5.39. The Kier molecular flexibility index (Phi) is 4.23. The van der Waals surface area contributed by atoms with Gasteiger partial charge in [0.05, 0.1) is 8.07 Å². The average Bonchev–Trinajstić information content (AvgIpc) is 2.62. The fourth-order valence-electron chi connectivity index (χ4n) is 5.87. The predicted molar refractivity (Wildman–Crippen MR) is 93.6 cm³/mol. The third-order valence-corrected chi connectivity index (χ3v) is 14.2. The quantitative estimate of drug-likeness (QED) is 0.691. The fourth-order valence-corrected chi connectivity index (χ4v) is 14.6. The van der Waals surface area contributed by atoms with Crippen molar-refractivity contribution in [3.8, 4) is 0 Å². The molecule has 1 atom stereocenters. The average molecular weight is 303 g/mol. The predicted octanol–water partition coefficient (Wildman–Crippen LogP) is 5.29. The number of carbonyl (C=O) groups excluding carboxylic acids is 1. The Hall–Kier alpha value is -0.893. The first-order chi connectivity index (χ1) is 9.70. The van der Waals surface area contributed by atoms with Gasteiger partial charge >= 0.3 is 0 Å². The molecule has 1 aliphatic rings. The summed E-state index contributed by atoms with van der Waals surface area (Å²) in [5.41, 5.74) is 4.38. The molecule has 0 saturated carbocycles. The van der Waals surface area contributed by atoms with Crippen molar-refractivity contribution in [2.45, 2.75) is 76.5 Å². The number of hydrogen-bond acceptors (Lipinski definition) is 1. The highest BCUT2D eigenvalue weighted by Crippen LogP contribution is 2.56. The van der Waals surface area contributed by atoms with E-state index in [-0.39, 0.29) is 5.04 Å². The highest BCUT2D eigenvalue weighted by molar-refractivity contribution is 6.89. The van der Waals surface area contributed by atoms with E-state index in [4.69, 9.17) is 0 Å². The Morgan fingerprint density at radius 3 is 1.90 bits per heavy atom. The van der Waals surface area contributed by atoms with Crippen LogP contribution in [0.5, 0.6) is 0 Å². The molecule has 116 valence electrons. The second-order valence-electron chi connectivity index (χ2n) is 7.78. The number of hydrogen-bond donors (Lipinski definition) is 0. The van der Waals surface area contributed by atoms with Gasteiger partial charge in [-0.1, -0.05) is 72.7 Å². The molecule has 1 aromatic carbocycles. The molecule has 2 heteroatoms. The molecule has 21 heavy (non-hydrogen) atoms. The monoisotopic (exact) mass is 302 g/mol. The van der Waals surface area contributed by atoms with Crippen LogP contribution in [-0.2, 0) is 16.3 Å². The van der Waals surface area contributed by atoms with Gasteiger partial charge in [0.15, 0.2) is 0 Å². The van der Waals surface area contributed by atoms with Crippen LogP contribution >= 0.6 is 0 Å². The summed E-state index contributed by atoms with van der Waals surface area (Å²) >= 11 is 0. The van der Waals surface area contributed by atoms with E-state index in [0.717, 1.165) is 0 Å². The number of carbonyl (C=O) groups is 1. The van der Waals surface area contributed by atoms with Crippen LogP contribution in [0.2, 0.25) is 16.6 Å². The summed E-state index contributed by atoms with van der Waals surface area (Å²) in [6.07, 6.45) is 0.633. The van der Waals surface area contributed by atoms with Crippen LogP contribution < -0.4 is 0 Å². The number of Topliss-reactive ketones (excluding diaryl/α,β-unsaturated/α-hetero) is 1. The summed E-state index contributed by atoms with van der Waals surface area (Å²) in [7, 11) is -1.88. The Labute approximate surface area is 131 Å². The summed E-state index contributed by atoms with van der Waals surface area (Å²) in [6, 6.07) is 8.55. The van der Waals surface area contributed by atoms with Gasteiger partial charge in [-0.2, -0.15) is 0 Å². The lowest BCUT2D eigenvalue weighted by molar-refractivity contribution is -0.120. The molecule has 0 fully saturated rings. The number of rotatable bonds is 4. The number of ketones is 1. The smallest absolute Gasteiger partial charge is 0.144 e. The Morgan fingerprint density at radius 1 is 0.952 bits per heavy atom. The van der Waals surface area contributed by atoms with Gasteiger partial charge in [-0.25, -0.2) is 0 Å². The van der Waals surface area contributed by atoms with Crippen LogP contribution in [0.15, 0.2) is 24.3 Å². The molecule has 0 heterocycles. The van der Waals surface area contributed by atoms with Crippen molar-refractivity contribution < 1.29 is 4.79 Å². The van der Waals surface area contributed by atoms with Crippen LogP contribution in [-0.4, -0.2) is 13.9 Å². The van der Waals surface area contributed by atoms with E-state index in [1.54, 1.807) is 0 Å². The highest BCUT2D eigenvalue weighted by Gasteiger charge is 2.62. The minimum atomic E-state index is -1.88. The van der Waals surface area contributed by atoms with E-state index in [1.807, 2.05) is 0 Å². The zero-order chi connectivity index (χ0) is 16.0. The van der Waals surface area contributed by atoms with E-state index in [9.17, 15) is 4.79 Å². The second-order valence-corrected chi connectivity index (χ2v) is 14.1. The van der Waals surface area contributed by atoms with Crippen LogP contribution in [0.4, 0.5) is 0 Å². The van der Waals surface area contributed by atoms with E-state index >= 15 is 0 Å². The first kappa shape index (κ1) is 16.5. The van der Waals surface area contributed by atoms with Crippen molar-refractivity contribution in [2.24, 2.45) is 0 Å². The largest absolute Gasteiger partial charge is 0.299 e. The lowest BCUT2D eigenvalue weighted by atomic mass is 10.0. The first-order valence-electron chi connectivity index (χ1n) is 8.32. The van der Waals surface area contributed by atoms with Crippen molar-refractivity contribution in [3.05, 3.63) is 35.4 Å². The van der Waals surface area contributed by atoms with Gasteiger partial charge in [-0.3, -0.25) is 4.79 Å². The summed E-state index contributed by atoms with van der Waals surface area (Å²) in [6.45, 7) is 16.4. The standard InChI is InChI=1S/C19H30OSi/c1-13(2)21(14(3)4,15(5)6)19(7)17-11-9-8-10-16(17)12-18(19)20/h8-11,13-15H,12H2,1-7H3. The molecule has 0 bridgehead atoms. The molecular weight excluding hydrogens is 272 g/mol. The molecule has 1 aliphatic carbocycles. The highest BCUT2D eigenvalue weighted by atomic mass is 28.3. The lowest BCUT2D eigenvalue weighted by Crippen LogP contribution is -2.63. The Balaban J connectivity index is 2.78. The summed E-state index contributed by atoms with van der Waals surface area (Å²) in [4.78, 5) is 13.1. The van der Waals surface area contributed by atoms with Gasteiger partial charge in [0.1, 0.15) is 5.78 Å². The molecule has 0 saturated heterocycles. The van der Waals surface area contributed by atoms with Gasteiger partial charge in [-0.15, -0.1) is 0 Å². The minimum Gasteiger partial charge on any atom is -0.299 e. The third kappa shape index (κ3) is 1.98. The Bertz CT molecular complexity index is 522. The fraction of sp³-hybridized carbons (Fsp3) is 0.632. The number of benzene rings is 1. The molecule has 1 aromatic rings. The van der Waals surface area contributed by atoms with Gasteiger partial charge in [0.2, 0.25) is 0 Å². The maximum atomic E-state index is 13.1. The molecule has 1 nitrogen and oxygen atoms in total. The maximum Gasteiger partial charge on any atom is 0.144 e. The van der Waals surface area contributed by atoms with E-state index in [0.29, 0.717) is 28.8 Å². The molecule has 1 unspecified atom stereocenters. The normalized spacial score (nSPS) is 22.5. The number of fused-ring (bicyclic) bond motifs is 1. The van der Waals surface area contributed by atoms with Crippen LogP contribution in [0, 0.1) is 0 Å². The topological polar surface area (TPSA) is 17.1 Å². The van der Waals surface area contributed by atoms with Crippen molar-refractivity contribution >= 4 is 13.9 Å². The summed E-state index contributed by atoms with van der Waals surface area (Å²) in [5.74, 6) is 0.464. The zero-order valence-corrected chi connectivity index (χ0v) is 15.7. The van der Waals surface area contributed by atoms with Gasteiger partial charge in [-0.05, 0) is 27.8 Å². The van der Waals surface area contributed by atoms with E-state index < -0.39 is 8.07 Å². The SMILES string of the molecule is CC(C)[Si](C(C)C)(C(C)C)C1(C)C(=O)Cc2ccccc21. The van der Waals surface area contributed by atoms with Gasteiger partial charge in [0.25, 0.3) is 0 Å². The molecular formula is C19H30OSi. The molecule has 0 amide bonds. The maximum absolute atomic E-state index is 13.1. The lowest BCUT2D eigenvalue weighted by Gasteiger charge is -2.53. The summed E-state index contributed by atoms with van der Waals surface area (Å²) in [5, 5.41) is -0.236. The summed E-state index contributed by atoms with van der Waals surface area (Å²) < 4.78 is 0. The zero-order valence-electron chi connectivity index (χ0n) is 14.7. The molecule has 0 aliphatic heterocycles. The van der Waals surface area contributed by atoms with Crippen molar-refractivity contribution in [2.75, 3.05) is 0 Å². The first-order valence-corrected chi connectivity index (χ1v) is 10.6. The Morgan fingerprint density at radius 2 is 1.43 bits per heavy atom. The van der Waals surface area contributed by atoms with E-state index in [2.05, 4.69) is 72.7 Å². The van der Waals surface area contributed by atoms with Crippen molar-refractivity contribution in [3.63, 3.8) is 0 Å². The van der Waals surface area contributed by atoms with Crippen LogP contribution in [0.25, 0.3) is 0 Å². The van der Waals surface area contributed by atoms with Crippen LogP contribution in [0.1, 0.15) is 59.6 Å². The molecule has 0 spiro atoms. The van der Waals surface area contributed by atoms with Gasteiger partial charge in [0, 0.05) is 11.5 Å². The molecule has 0 N–H and O–H groups in total. The van der Waals surface area contributed by atoms with Crippen molar-refractivity contribution in [1.29, 1.82) is 0 Å². The minimum absolute atomic E-state index is 0.236. The molecule has 0 aromatic heterocycles. The van der Waals surface area contributed by atoms with E-state index in [1.165, 1.54) is 11.1 Å². The van der Waals surface area contributed by atoms with Gasteiger partial charge < -0.3 is 0 Å².